The highest BCUT2D eigenvalue weighted by Crippen LogP contribution is 2.35. The highest BCUT2D eigenvalue weighted by atomic mass is 35.5. The lowest BCUT2D eigenvalue weighted by molar-refractivity contribution is 0.105. The van der Waals surface area contributed by atoms with E-state index in [1.807, 2.05) is 0 Å². The van der Waals surface area contributed by atoms with Crippen molar-refractivity contribution in [2.45, 2.75) is 11.0 Å². The molecule has 1 unspecified atom stereocenters. The van der Waals surface area contributed by atoms with Crippen LogP contribution in [0, 0.1) is 0 Å². The maximum absolute atomic E-state index is 11.2. The number of amides is 1. The van der Waals surface area contributed by atoms with E-state index in [9.17, 15) is 13.2 Å². The highest BCUT2D eigenvalue weighted by Gasteiger charge is 2.24. The zero-order valence-corrected chi connectivity index (χ0v) is 12.3. The maximum Gasteiger partial charge on any atom is 0.407 e. The predicted molar refractivity (Wildman–Crippen MR) is 71.6 cm³/mol. The standard InChI is InChI=1S/C10H10Cl2N2O5S/c11-7-1-6(20(13,16)17)2-8(12)9(7)18-4-5-3-14-10(15)19-5/h1-2,5H,3-4H2,(H,14,15)(H2,13,16,17). The summed E-state index contributed by atoms with van der Waals surface area (Å²) in [6.07, 6.45) is -0.993. The van der Waals surface area contributed by atoms with Gasteiger partial charge in [0.15, 0.2) is 11.9 Å². The Kier molecular flexibility index (Phi) is 4.28. The van der Waals surface area contributed by atoms with Crippen molar-refractivity contribution in [3.63, 3.8) is 0 Å². The quantitative estimate of drug-likeness (QED) is 0.853. The van der Waals surface area contributed by atoms with Crippen molar-refractivity contribution in [1.82, 2.24) is 5.32 Å². The molecule has 1 amide bonds. The van der Waals surface area contributed by atoms with Crippen LogP contribution < -0.4 is 15.2 Å². The number of rotatable bonds is 4. The summed E-state index contributed by atoms with van der Waals surface area (Å²) < 4.78 is 32.6. The largest absolute Gasteiger partial charge is 0.487 e. The summed E-state index contributed by atoms with van der Waals surface area (Å²) in [5.41, 5.74) is 0. The number of nitrogens with one attached hydrogen (secondary N) is 1. The van der Waals surface area contributed by atoms with Crippen LogP contribution >= 0.6 is 23.2 Å². The summed E-state index contributed by atoms with van der Waals surface area (Å²) in [7, 11) is -3.91. The molecule has 1 saturated heterocycles. The van der Waals surface area contributed by atoms with Gasteiger partial charge in [-0.1, -0.05) is 23.2 Å². The number of hydrogen-bond acceptors (Lipinski definition) is 5. The van der Waals surface area contributed by atoms with Crippen LogP contribution in [0.4, 0.5) is 4.79 Å². The number of alkyl carbamates (subject to hydrolysis) is 1. The fraction of sp³-hybridized carbons (Fsp3) is 0.300. The minimum absolute atomic E-state index is 0.00110. The lowest BCUT2D eigenvalue weighted by Gasteiger charge is -2.13. The number of sulfonamides is 1. The molecular weight excluding hydrogens is 331 g/mol. The fourth-order valence-electron chi connectivity index (χ4n) is 1.54. The van der Waals surface area contributed by atoms with E-state index in [2.05, 4.69) is 5.32 Å². The van der Waals surface area contributed by atoms with Gasteiger partial charge in [0.25, 0.3) is 0 Å². The van der Waals surface area contributed by atoms with E-state index in [4.69, 9.17) is 37.8 Å². The molecule has 10 heteroatoms. The molecular formula is C10H10Cl2N2O5S. The molecule has 1 aliphatic heterocycles. The summed E-state index contributed by atoms with van der Waals surface area (Å²) in [4.78, 5) is 10.6. The first-order valence-electron chi connectivity index (χ1n) is 5.36. The smallest absolute Gasteiger partial charge is 0.407 e. The van der Waals surface area contributed by atoms with E-state index < -0.39 is 22.2 Å². The molecule has 2 rings (SSSR count). The lowest BCUT2D eigenvalue weighted by atomic mass is 10.3. The first-order chi connectivity index (χ1) is 9.27. The summed E-state index contributed by atoms with van der Waals surface area (Å²) in [5.74, 6) is 0.101. The molecule has 1 aromatic carbocycles. The summed E-state index contributed by atoms with van der Waals surface area (Å²) in [6.45, 7) is 0.343. The van der Waals surface area contributed by atoms with E-state index in [1.165, 1.54) is 0 Å². The number of benzene rings is 1. The van der Waals surface area contributed by atoms with Gasteiger partial charge in [0.05, 0.1) is 21.5 Å². The zero-order valence-electron chi connectivity index (χ0n) is 9.93. The van der Waals surface area contributed by atoms with Crippen LogP contribution in [0.1, 0.15) is 0 Å². The van der Waals surface area contributed by atoms with Crippen LogP contribution in [-0.2, 0) is 14.8 Å². The Morgan fingerprint density at radius 1 is 1.40 bits per heavy atom. The normalized spacial score (nSPS) is 18.6. The van der Waals surface area contributed by atoms with Crippen LogP contribution in [0.3, 0.4) is 0 Å². The van der Waals surface area contributed by atoms with E-state index in [-0.39, 0.29) is 27.3 Å². The van der Waals surface area contributed by atoms with Crippen molar-refractivity contribution < 1.29 is 22.7 Å². The van der Waals surface area contributed by atoms with Gasteiger partial charge in [0.1, 0.15) is 6.61 Å². The number of primary sulfonamides is 1. The molecule has 20 heavy (non-hydrogen) atoms. The third-order valence-electron chi connectivity index (χ3n) is 2.46. The summed E-state index contributed by atoms with van der Waals surface area (Å²) >= 11 is 11.8. The number of nitrogens with two attached hydrogens (primary N) is 1. The van der Waals surface area contributed by atoms with Gasteiger partial charge in [-0.15, -0.1) is 0 Å². The molecule has 1 aliphatic rings. The number of halogens is 2. The minimum atomic E-state index is -3.91. The molecule has 0 spiro atoms. The second kappa shape index (κ2) is 5.65. The van der Waals surface area contributed by atoms with Crippen LogP contribution in [0.2, 0.25) is 10.0 Å². The number of hydrogen-bond donors (Lipinski definition) is 2. The van der Waals surface area contributed by atoms with Gasteiger partial charge in [-0.3, -0.25) is 0 Å². The zero-order chi connectivity index (χ0) is 14.9. The van der Waals surface area contributed by atoms with Crippen molar-refractivity contribution in [1.29, 1.82) is 0 Å². The topological polar surface area (TPSA) is 108 Å². The molecule has 1 heterocycles. The third kappa shape index (κ3) is 3.45. The minimum Gasteiger partial charge on any atom is -0.487 e. The SMILES string of the molecule is NS(=O)(=O)c1cc(Cl)c(OCC2CNC(=O)O2)c(Cl)c1. The third-order valence-corrected chi connectivity index (χ3v) is 3.92. The molecule has 1 fully saturated rings. The molecule has 0 radical (unpaired) electrons. The van der Waals surface area contributed by atoms with Gasteiger partial charge in [0, 0.05) is 0 Å². The molecule has 0 saturated carbocycles. The van der Waals surface area contributed by atoms with Crippen molar-refractivity contribution >= 4 is 39.3 Å². The summed E-state index contributed by atoms with van der Waals surface area (Å²) in [5, 5.41) is 7.44. The average Bonchev–Trinajstić information content (AvgIpc) is 2.72. The maximum atomic E-state index is 11.2. The van der Waals surface area contributed by atoms with Gasteiger partial charge >= 0.3 is 6.09 Å². The molecule has 1 atom stereocenters. The van der Waals surface area contributed by atoms with Crippen LogP contribution in [0.25, 0.3) is 0 Å². The second-order valence-corrected chi connectivity index (χ2v) is 6.36. The molecule has 3 N–H and O–H groups in total. The van der Waals surface area contributed by atoms with Crippen LogP contribution in [0.5, 0.6) is 5.75 Å². The Bertz CT molecular complexity index is 626. The number of ether oxygens (including phenoxy) is 2. The molecule has 1 aromatic rings. The van der Waals surface area contributed by atoms with Gasteiger partial charge < -0.3 is 14.8 Å². The van der Waals surface area contributed by atoms with E-state index >= 15 is 0 Å². The molecule has 0 bridgehead atoms. The first-order valence-corrected chi connectivity index (χ1v) is 7.66. The molecule has 110 valence electrons. The Balaban J connectivity index is 2.14. The van der Waals surface area contributed by atoms with Crippen LogP contribution in [-0.4, -0.2) is 33.8 Å². The van der Waals surface area contributed by atoms with Crippen molar-refractivity contribution in [2.24, 2.45) is 5.14 Å². The number of cyclic esters (lactones) is 1. The Labute approximate surface area is 125 Å². The molecule has 7 nitrogen and oxygen atoms in total. The van der Waals surface area contributed by atoms with Crippen molar-refractivity contribution in [3.05, 3.63) is 22.2 Å². The van der Waals surface area contributed by atoms with E-state index in [0.717, 1.165) is 12.1 Å². The molecule has 0 aromatic heterocycles. The number of carbonyl (C=O) groups is 1. The molecule has 0 aliphatic carbocycles. The van der Waals surface area contributed by atoms with E-state index in [1.54, 1.807) is 0 Å². The fourth-order valence-corrected chi connectivity index (χ4v) is 2.83. The van der Waals surface area contributed by atoms with E-state index in [0.29, 0.717) is 6.54 Å². The average molecular weight is 341 g/mol. The Hall–Kier alpha value is -1.22. The van der Waals surface area contributed by atoms with Crippen LogP contribution in [0.15, 0.2) is 17.0 Å². The lowest BCUT2D eigenvalue weighted by Crippen LogP contribution is -2.22. The van der Waals surface area contributed by atoms with Crippen molar-refractivity contribution in [3.8, 4) is 5.75 Å². The first kappa shape index (κ1) is 15.2. The van der Waals surface area contributed by atoms with Gasteiger partial charge in [-0.2, -0.15) is 0 Å². The second-order valence-electron chi connectivity index (χ2n) is 3.98. The summed E-state index contributed by atoms with van der Waals surface area (Å²) in [6, 6.07) is 2.27. The van der Waals surface area contributed by atoms with Gasteiger partial charge in [-0.25, -0.2) is 18.4 Å². The Morgan fingerprint density at radius 3 is 2.45 bits per heavy atom. The predicted octanol–water partition coefficient (Wildman–Crippen LogP) is 1.13. The Morgan fingerprint density at radius 2 is 2.00 bits per heavy atom. The monoisotopic (exact) mass is 340 g/mol. The van der Waals surface area contributed by atoms with Gasteiger partial charge in [0.2, 0.25) is 10.0 Å². The number of carbonyl (C=O) groups excluding carboxylic acids is 1. The highest BCUT2D eigenvalue weighted by molar-refractivity contribution is 7.89. The van der Waals surface area contributed by atoms with Gasteiger partial charge in [-0.05, 0) is 12.1 Å². The van der Waals surface area contributed by atoms with Crippen molar-refractivity contribution in [2.75, 3.05) is 13.2 Å².